The first-order valence-electron chi connectivity index (χ1n) is 8.09. The van der Waals surface area contributed by atoms with E-state index < -0.39 is 17.2 Å². The van der Waals surface area contributed by atoms with Crippen molar-refractivity contribution in [1.82, 2.24) is 14.4 Å². The van der Waals surface area contributed by atoms with E-state index in [1.165, 1.54) is 22.9 Å². The van der Waals surface area contributed by atoms with Gasteiger partial charge in [-0.15, -0.1) is 0 Å². The number of anilines is 2. The second kappa shape index (κ2) is 6.65. The Labute approximate surface area is 151 Å². The van der Waals surface area contributed by atoms with Crippen molar-refractivity contribution < 1.29 is 13.9 Å². The van der Waals surface area contributed by atoms with E-state index >= 15 is 0 Å². The van der Waals surface area contributed by atoms with Crippen LogP contribution in [-0.2, 0) is 6.61 Å². The summed E-state index contributed by atoms with van der Waals surface area (Å²) in [6, 6.07) is 10.4. The Kier molecular flexibility index (Phi) is 4.17. The smallest absolute Gasteiger partial charge is 0.276 e. The van der Waals surface area contributed by atoms with E-state index in [0.717, 1.165) is 17.7 Å². The number of hydrogen-bond donors (Lipinski definition) is 3. The highest BCUT2D eigenvalue weighted by molar-refractivity contribution is 5.78. The second-order valence-corrected chi connectivity index (χ2v) is 5.87. The molecule has 4 aromatic rings. The van der Waals surface area contributed by atoms with E-state index in [2.05, 4.69) is 15.3 Å². The molecule has 8 heteroatoms. The zero-order chi connectivity index (χ0) is 19.0. The number of nitrogens with one attached hydrogen (secondary N) is 2. The topological polar surface area (TPSA) is 82.4 Å². The van der Waals surface area contributed by atoms with Crippen LogP contribution < -0.4 is 10.9 Å². The van der Waals surface area contributed by atoms with Gasteiger partial charge in [0, 0.05) is 18.1 Å². The predicted octanol–water partition coefficient (Wildman–Crippen LogP) is 3.20. The molecule has 2 aromatic heterocycles. The Morgan fingerprint density at radius 2 is 1.81 bits per heavy atom. The lowest BCUT2D eigenvalue weighted by atomic mass is 10.2. The van der Waals surface area contributed by atoms with Gasteiger partial charge < -0.3 is 15.4 Å². The van der Waals surface area contributed by atoms with Gasteiger partial charge in [0.05, 0.1) is 12.2 Å². The average molecular weight is 368 g/mol. The largest absolute Gasteiger partial charge is 0.392 e. The number of H-pyrrole nitrogens is 1. The summed E-state index contributed by atoms with van der Waals surface area (Å²) in [5, 5.41) is 12.1. The van der Waals surface area contributed by atoms with E-state index in [4.69, 9.17) is 5.11 Å². The molecular weight excluding hydrogens is 354 g/mol. The number of aromatic nitrogens is 3. The summed E-state index contributed by atoms with van der Waals surface area (Å²) in [7, 11) is 0. The minimum atomic E-state index is -0.777. The fraction of sp³-hybridized carbons (Fsp3) is 0.0526. The Morgan fingerprint density at radius 3 is 2.48 bits per heavy atom. The van der Waals surface area contributed by atoms with E-state index in [1.807, 2.05) is 0 Å². The third-order valence-electron chi connectivity index (χ3n) is 4.15. The van der Waals surface area contributed by atoms with Crippen LogP contribution in [0.5, 0.6) is 0 Å². The molecule has 136 valence electrons. The van der Waals surface area contributed by atoms with Gasteiger partial charge in [0.1, 0.15) is 11.6 Å². The lowest BCUT2D eigenvalue weighted by Crippen LogP contribution is -2.09. The maximum Gasteiger partial charge on any atom is 0.276 e. The van der Waals surface area contributed by atoms with Crippen molar-refractivity contribution in [2.75, 3.05) is 5.32 Å². The summed E-state index contributed by atoms with van der Waals surface area (Å²) in [6.45, 7) is -0.0932. The number of hydrogen-bond acceptors (Lipinski definition) is 4. The van der Waals surface area contributed by atoms with Crippen LogP contribution in [0.15, 0.2) is 59.7 Å². The maximum absolute atomic E-state index is 14.3. The van der Waals surface area contributed by atoms with Crippen molar-refractivity contribution in [3.8, 4) is 11.4 Å². The second-order valence-electron chi connectivity index (χ2n) is 5.87. The molecule has 0 aliphatic rings. The highest BCUT2D eigenvalue weighted by Crippen LogP contribution is 2.29. The molecule has 0 unspecified atom stereocenters. The number of aliphatic hydroxyl groups is 1. The standard InChI is InChI=1S/C19H14F2N4O2/c20-13-2-1-3-14(21)15(13)18-24-17(16-19(27)22-8-9-25(16)18)23-12-6-4-11(10-26)5-7-12/h1-9,23,26H,10H2,(H,22,27). The summed E-state index contributed by atoms with van der Waals surface area (Å²) >= 11 is 0. The molecule has 0 saturated heterocycles. The Hall–Kier alpha value is -3.52. The van der Waals surface area contributed by atoms with Gasteiger partial charge in [-0.3, -0.25) is 9.20 Å². The number of aromatic amines is 1. The van der Waals surface area contributed by atoms with Crippen molar-refractivity contribution in [2.24, 2.45) is 0 Å². The molecule has 0 aliphatic carbocycles. The molecule has 2 aromatic carbocycles. The van der Waals surface area contributed by atoms with Crippen LogP contribution in [-0.4, -0.2) is 19.5 Å². The minimum absolute atomic E-state index is 0.0267. The van der Waals surface area contributed by atoms with E-state index in [1.54, 1.807) is 24.3 Å². The fourth-order valence-corrected chi connectivity index (χ4v) is 2.86. The van der Waals surface area contributed by atoms with Gasteiger partial charge in [0.2, 0.25) is 0 Å². The predicted molar refractivity (Wildman–Crippen MR) is 96.8 cm³/mol. The average Bonchev–Trinajstić information content (AvgIpc) is 3.02. The van der Waals surface area contributed by atoms with Crippen LogP contribution in [0, 0.1) is 11.6 Å². The first-order chi connectivity index (χ1) is 13.1. The third-order valence-corrected chi connectivity index (χ3v) is 4.15. The van der Waals surface area contributed by atoms with Gasteiger partial charge in [-0.25, -0.2) is 13.8 Å². The van der Waals surface area contributed by atoms with Crippen molar-refractivity contribution in [3.05, 3.63) is 82.4 Å². The van der Waals surface area contributed by atoms with Crippen molar-refractivity contribution >= 4 is 17.0 Å². The Morgan fingerprint density at radius 1 is 1.11 bits per heavy atom. The molecule has 0 radical (unpaired) electrons. The summed E-state index contributed by atoms with van der Waals surface area (Å²) in [5.41, 5.74) is 0.684. The van der Waals surface area contributed by atoms with Crippen LogP contribution >= 0.6 is 0 Å². The van der Waals surface area contributed by atoms with Crippen LogP contribution in [0.25, 0.3) is 16.9 Å². The van der Waals surface area contributed by atoms with Crippen molar-refractivity contribution in [2.45, 2.75) is 6.61 Å². The zero-order valence-corrected chi connectivity index (χ0v) is 13.9. The number of halogens is 2. The lowest BCUT2D eigenvalue weighted by Gasteiger charge is -2.04. The van der Waals surface area contributed by atoms with Gasteiger partial charge in [-0.2, -0.15) is 0 Å². The molecule has 2 heterocycles. The van der Waals surface area contributed by atoms with Crippen LogP contribution in [0.4, 0.5) is 20.3 Å². The molecule has 3 N–H and O–H groups in total. The third kappa shape index (κ3) is 2.96. The van der Waals surface area contributed by atoms with Gasteiger partial charge in [0.15, 0.2) is 17.2 Å². The van der Waals surface area contributed by atoms with Crippen molar-refractivity contribution in [1.29, 1.82) is 0 Å². The molecule has 27 heavy (non-hydrogen) atoms. The van der Waals surface area contributed by atoms with Gasteiger partial charge >= 0.3 is 0 Å². The highest BCUT2D eigenvalue weighted by Gasteiger charge is 2.21. The van der Waals surface area contributed by atoms with E-state index in [9.17, 15) is 13.6 Å². The summed E-state index contributed by atoms with van der Waals surface area (Å²) in [5.74, 6) is -1.42. The molecule has 0 spiro atoms. The van der Waals surface area contributed by atoms with Crippen LogP contribution in [0.3, 0.4) is 0 Å². The molecule has 0 saturated carbocycles. The molecular formula is C19H14F2N4O2. The number of benzene rings is 2. The van der Waals surface area contributed by atoms with Crippen LogP contribution in [0.1, 0.15) is 5.56 Å². The molecule has 0 bridgehead atoms. The Bertz CT molecular complexity index is 1160. The maximum atomic E-state index is 14.3. The fourth-order valence-electron chi connectivity index (χ4n) is 2.86. The summed E-state index contributed by atoms with van der Waals surface area (Å²) in [4.78, 5) is 19.1. The minimum Gasteiger partial charge on any atom is -0.392 e. The number of nitrogens with zero attached hydrogens (tertiary/aromatic N) is 2. The highest BCUT2D eigenvalue weighted by atomic mass is 19.1. The van der Waals surface area contributed by atoms with E-state index in [-0.39, 0.29) is 29.3 Å². The van der Waals surface area contributed by atoms with Gasteiger partial charge in [-0.1, -0.05) is 18.2 Å². The first kappa shape index (κ1) is 16.9. The molecule has 4 rings (SSSR count). The normalized spacial score (nSPS) is 11.1. The SMILES string of the molecule is O=c1[nH]ccn2c(-c3c(F)cccc3F)nc(Nc3ccc(CO)cc3)c12. The number of rotatable bonds is 4. The molecule has 0 atom stereocenters. The quantitative estimate of drug-likeness (QED) is 0.517. The monoisotopic (exact) mass is 368 g/mol. The lowest BCUT2D eigenvalue weighted by molar-refractivity contribution is 0.282. The van der Waals surface area contributed by atoms with Gasteiger partial charge in [0.25, 0.3) is 5.56 Å². The van der Waals surface area contributed by atoms with Crippen molar-refractivity contribution in [3.63, 3.8) is 0 Å². The zero-order valence-electron chi connectivity index (χ0n) is 13.9. The summed E-state index contributed by atoms with van der Waals surface area (Å²) < 4.78 is 29.9. The molecule has 0 aliphatic heterocycles. The molecule has 0 amide bonds. The van der Waals surface area contributed by atoms with Crippen LogP contribution in [0.2, 0.25) is 0 Å². The van der Waals surface area contributed by atoms with E-state index in [0.29, 0.717) is 5.69 Å². The Balaban J connectivity index is 1.90. The first-order valence-corrected chi connectivity index (χ1v) is 8.09. The number of fused-ring (bicyclic) bond motifs is 1. The molecule has 0 fully saturated rings. The summed E-state index contributed by atoms with van der Waals surface area (Å²) in [6.07, 6.45) is 2.85. The number of imidazole rings is 1. The van der Waals surface area contributed by atoms with Gasteiger partial charge in [-0.05, 0) is 29.8 Å². The molecule has 6 nitrogen and oxygen atoms in total. The number of aliphatic hydroxyl groups excluding tert-OH is 1.